The molecule has 2 rings (SSSR count). The van der Waals surface area contributed by atoms with Crippen molar-refractivity contribution in [2.75, 3.05) is 5.32 Å². The van der Waals surface area contributed by atoms with Crippen molar-refractivity contribution < 1.29 is 35.8 Å². The van der Waals surface area contributed by atoms with Gasteiger partial charge in [-0.05, 0) is 18.2 Å². The van der Waals surface area contributed by atoms with Gasteiger partial charge in [-0.3, -0.25) is 13.9 Å². The maximum Gasteiger partial charge on any atom is 0.298 e. The summed E-state index contributed by atoms with van der Waals surface area (Å²) in [7, 11) is -9.47. The summed E-state index contributed by atoms with van der Waals surface area (Å²) >= 11 is 0. The van der Waals surface area contributed by atoms with Crippen LogP contribution < -0.4 is 5.32 Å². The Balaban J connectivity index is 3.03. The Morgan fingerprint density at radius 1 is 0.957 bits per heavy atom. The molecule has 2 aromatic carbocycles. The van der Waals surface area contributed by atoms with Crippen molar-refractivity contribution >= 4 is 42.6 Å². The number of hydrogen-bond acceptors (Lipinski definition) is 6. The number of carbonyl (C=O) groups is 1. The third-order valence-electron chi connectivity index (χ3n) is 2.94. The van der Waals surface area contributed by atoms with Crippen molar-refractivity contribution in [3.05, 3.63) is 24.3 Å². The first kappa shape index (κ1) is 17.1. The van der Waals surface area contributed by atoms with Crippen molar-refractivity contribution in [1.82, 2.24) is 0 Å². The third kappa shape index (κ3) is 3.27. The molecule has 4 N–H and O–H groups in total. The molecule has 0 aromatic heterocycles. The van der Waals surface area contributed by atoms with E-state index >= 15 is 0 Å². The fourth-order valence-corrected chi connectivity index (χ4v) is 3.38. The van der Waals surface area contributed by atoms with Gasteiger partial charge in [0.15, 0.2) is 0 Å². The van der Waals surface area contributed by atoms with Crippen LogP contribution >= 0.6 is 0 Å². The van der Waals surface area contributed by atoms with Gasteiger partial charge in [0.25, 0.3) is 20.2 Å². The molecule has 23 heavy (non-hydrogen) atoms. The van der Waals surface area contributed by atoms with Crippen molar-refractivity contribution in [1.29, 1.82) is 0 Å². The standard InChI is InChI=1S/C12H11NO8S2/c1-6(14)13-8-3-5-9(22(16,17)18)7-2-4-10(23(19,20)21)12(15)11(7)8/h2-5,15H,1H3,(H,13,14)(H,16,17,18)(H,19,20,21). The summed E-state index contributed by atoms with van der Waals surface area (Å²) in [6.07, 6.45) is 0. The SMILES string of the molecule is CC(=O)Nc1ccc(S(=O)(=O)O)c2ccc(S(=O)(=O)O)c(O)c12. The average Bonchev–Trinajstić information content (AvgIpc) is 2.35. The second-order valence-corrected chi connectivity index (χ2v) is 7.36. The van der Waals surface area contributed by atoms with E-state index in [-0.39, 0.29) is 16.5 Å². The van der Waals surface area contributed by atoms with Gasteiger partial charge in [-0.2, -0.15) is 16.8 Å². The maximum atomic E-state index is 11.4. The quantitative estimate of drug-likeness (QED) is 0.589. The minimum Gasteiger partial charge on any atom is -0.506 e. The molecule has 2 aromatic rings. The average molecular weight is 361 g/mol. The second kappa shape index (κ2) is 5.45. The Labute approximate surface area is 131 Å². The molecule has 0 aliphatic carbocycles. The zero-order chi connectivity index (χ0) is 17.6. The number of rotatable bonds is 3. The van der Waals surface area contributed by atoms with Crippen molar-refractivity contribution in [3.63, 3.8) is 0 Å². The summed E-state index contributed by atoms with van der Waals surface area (Å²) in [6.45, 7) is 1.15. The number of benzene rings is 2. The van der Waals surface area contributed by atoms with Crippen LogP contribution in [0.1, 0.15) is 6.92 Å². The number of fused-ring (bicyclic) bond motifs is 1. The molecule has 11 heteroatoms. The minimum atomic E-state index is -4.79. The Kier molecular flexibility index (Phi) is 4.07. The molecule has 0 radical (unpaired) electrons. The lowest BCUT2D eigenvalue weighted by atomic mass is 10.1. The molecule has 0 fully saturated rings. The Bertz CT molecular complexity index is 1020. The number of phenols is 1. The van der Waals surface area contributed by atoms with Gasteiger partial charge in [-0.1, -0.05) is 6.07 Å². The van der Waals surface area contributed by atoms with Crippen molar-refractivity contribution in [2.24, 2.45) is 0 Å². The second-order valence-electron chi connectivity index (χ2n) is 4.58. The molecule has 0 atom stereocenters. The fraction of sp³-hybridized carbons (Fsp3) is 0.0833. The van der Waals surface area contributed by atoms with Crippen molar-refractivity contribution in [2.45, 2.75) is 16.7 Å². The van der Waals surface area contributed by atoms with Gasteiger partial charge in [0.05, 0.1) is 5.69 Å². The van der Waals surface area contributed by atoms with E-state index in [0.717, 1.165) is 31.2 Å². The number of phenolic OH excluding ortho intramolecular Hbond substituents is 1. The number of nitrogens with one attached hydrogen (secondary N) is 1. The first-order chi connectivity index (χ1) is 10.4. The van der Waals surface area contributed by atoms with Gasteiger partial charge >= 0.3 is 0 Å². The molecule has 0 heterocycles. The molecular formula is C12H11NO8S2. The van der Waals surface area contributed by atoms with Crippen LogP contribution in [-0.2, 0) is 25.0 Å². The van der Waals surface area contributed by atoms with Crippen LogP contribution in [0.5, 0.6) is 5.75 Å². The molecule has 9 nitrogen and oxygen atoms in total. The van der Waals surface area contributed by atoms with Gasteiger partial charge in [-0.15, -0.1) is 0 Å². The van der Waals surface area contributed by atoms with Crippen LogP contribution in [0.15, 0.2) is 34.1 Å². The smallest absolute Gasteiger partial charge is 0.298 e. The lowest BCUT2D eigenvalue weighted by Gasteiger charge is -2.13. The van der Waals surface area contributed by atoms with Gasteiger partial charge < -0.3 is 10.4 Å². The lowest BCUT2D eigenvalue weighted by Crippen LogP contribution is -2.08. The van der Waals surface area contributed by atoms with Crippen LogP contribution in [0.2, 0.25) is 0 Å². The number of hydrogen-bond donors (Lipinski definition) is 4. The predicted molar refractivity (Wildman–Crippen MR) is 79.5 cm³/mol. The number of carbonyl (C=O) groups excluding carboxylic acids is 1. The van der Waals surface area contributed by atoms with E-state index in [4.69, 9.17) is 4.55 Å². The highest BCUT2D eigenvalue weighted by molar-refractivity contribution is 7.86. The molecule has 0 unspecified atom stereocenters. The zero-order valence-electron chi connectivity index (χ0n) is 11.5. The van der Waals surface area contributed by atoms with Gasteiger partial charge in [0, 0.05) is 17.7 Å². The van der Waals surface area contributed by atoms with Gasteiger partial charge in [-0.25, -0.2) is 0 Å². The highest BCUT2D eigenvalue weighted by Crippen LogP contribution is 2.39. The minimum absolute atomic E-state index is 0.0945. The normalized spacial score (nSPS) is 12.3. The van der Waals surface area contributed by atoms with E-state index in [9.17, 15) is 31.3 Å². The van der Waals surface area contributed by atoms with Crippen LogP contribution in [0.4, 0.5) is 5.69 Å². The summed E-state index contributed by atoms with van der Waals surface area (Å²) in [5.74, 6) is -1.53. The Hall–Kier alpha value is -2.21. The molecule has 0 aliphatic rings. The Morgan fingerprint density at radius 3 is 1.96 bits per heavy atom. The lowest BCUT2D eigenvalue weighted by molar-refractivity contribution is -0.114. The molecule has 0 saturated heterocycles. The summed E-state index contributed by atoms with van der Waals surface area (Å²) < 4.78 is 63.6. The molecule has 0 bridgehead atoms. The summed E-state index contributed by atoms with van der Waals surface area (Å²) in [4.78, 5) is 9.73. The monoisotopic (exact) mass is 361 g/mol. The highest BCUT2D eigenvalue weighted by atomic mass is 32.2. The fourth-order valence-electron chi connectivity index (χ4n) is 2.11. The van der Waals surface area contributed by atoms with E-state index < -0.39 is 41.7 Å². The Morgan fingerprint density at radius 2 is 1.48 bits per heavy atom. The first-order valence-corrected chi connectivity index (χ1v) is 8.82. The number of aromatic hydroxyl groups is 1. The number of amides is 1. The predicted octanol–water partition coefficient (Wildman–Crippen LogP) is 0.997. The van der Waals surface area contributed by atoms with E-state index in [1.807, 2.05) is 0 Å². The van der Waals surface area contributed by atoms with Gasteiger partial charge in [0.2, 0.25) is 5.91 Å². The van der Waals surface area contributed by atoms with Crippen LogP contribution in [-0.4, -0.2) is 37.0 Å². The van der Waals surface area contributed by atoms with Crippen molar-refractivity contribution in [3.8, 4) is 5.75 Å². The molecule has 124 valence electrons. The summed E-state index contributed by atoms with van der Waals surface area (Å²) in [5, 5.41) is 11.8. The summed E-state index contributed by atoms with van der Waals surface area (Å²) in [6, 6.07) is 3.81. The molecular weight excluding hydrogens is 350 g/mol. The molecule has 1 amide bonds. The van der Waals surface area contributed by atoms with E-state index in [1.54, 1.807) is 0 Å². The van der Waals surface area contributed by atoms with Crippen LogP contribution in [0.25, 0.3) is 10.8 Å². The van der Waals surface area contributed by atoms with Gasteiger partial charge in [0.1, 0.15) is 15.5 Å². The number of anilines is 1. The zero-order valence-corrected chi connectivity index (χ0v) is 13.1. The third-order valence-corrected chi connectivity index (χ3v) is 4.74. The van der Waals surface area contributed by atoms with Crippen LogP contribution in [0.3, 0.4) is 0 Å². The highest BCUT2D eigenvalue weighted by Gasteiger charge is 2.24. The molecule has 0 spiro atoms. The van der Waals surface area contributed by atoms with E-state index in [1.165, 1.54) is 0 Å². The van der Waals surface area contributed by atoms with E-state index in [0.29, 0.717) is 0 Å². The van der Waals surface area contributed by atoms with Crippen LogP contribution in [0, 0.1) is 0 Å². The van der Waals surface area contributed by atoms with E-state index in [2.05, 4.69) is 5.32 Å². The maximum absolute atomic E-state index is 11.4. The topological polar surface area (TPSA) is 158 Å². The molecule has 0 saturated carbocycles. The molecule has 0 aliphatic heterocycles. The largest absolute Gasteiger partial charge is 0.506 e. The summed E-state index contributed by atoms with van der Waals surface area (Å²) in [5.41, 5.74) is -0.0945. The first-order valence-electron chi connectivity index (χ1n) is 5.94.